The molecule has 0 aliphatic carbocycles. The number of nitrogens with one attached hydrogen (secondary N) is 1. The van der Waals surface area contributed by atoms with Crippen LogP contribution in [0.15, 0.2) is 48.5 Å². The van der Waals surface area contributed by atoms with Crippen molar-refractivity contribution in [3.8, 4) is 11.5 Å². The average Bonchev–Trinajstić information content (AvgIpc) is 2.64. The molecule has 25 heavy (non-hydrogen) atoms. The molecule has 0 saturated carbocycles. The molecule has 1 aliphatic rings. The second kappa shape index (κ2) is 7.25. The van der Waals surface area contributed by atoms with Gasteiger partial charge in [-0.2, -0.15) is 0 Å². The number of fused-ring (bicyclic) bond motifs is 1. The molecule has 1 atom stereocenters. The number of para-hydroxylation sites is 2. The molecule has 1 unspecified atom stereocenters. The molecule has 0 radical (unpaired) electrons. The Morgan fingerprint density at radius 2 is 1.92 bits per heavy atom. The summed E-state index contributed by atoms with van der Waals surface area (Å²) < 4.78 is 10.8. The molecule has 0 saturated heterocycles. The third-order valence-corrected chi connectivity index (χ3v) is 4.11. The quantitative estimate of drug-likeness (QED) is 0.901. The molecule has 6 heteroatoms. The van der Waals surface area contributed by atoms with Gasteiger partial charge < -0.3 is 19.7 Å². The molecule has 0 bridgehead atoms. The maximum absolute atomic E-state index is 12.4. The van der Waals surface area contributed by atoms with Crippen molar-refractivity contribution in [2.24, 2.45) is 0 Å². The van der Waals surface area contributed by atoms with Gasteiger partial charge in [-0.05, 0) is 29.8 Å². The number of carbonyl (C=O) groups is 2. The molecule has 0 aromatic heterocycles. The number of likely N-dealkylation sites (N-methyl/N-ethyl adjacent to an activating group) is 1. The smallest absolute Gasteiger partial charge is 0.269 e. The molecule has 0 spiro atoms. The Balaban J connectivity index is 1.57. The van der Waals surface area contributed by atoms with Crippen LogP contribution in [-0.4, -0.2) is 38.6 Å². The second-order valence-corrected chi connectivity index (χ2v) is 5.80. The number of amides is 2. The van der Waals surface area contributed by atoms with Crippen LogP contribution in [0.25, 0.3) is 0 Å². The van der Waals surface area contributed by atoms with E-state index in [9.17, 15) is 9.59 Å². The van der Waals surface area contributed by atoms with E-state index in [0.717, 1.165) is 17.0 Å². The van der Waals surface area contributed by atoms with Crippen LogP contribution < -0.4 is 19.7 Å². The number of hydrogen-bond acceptors (Lipinski definition) is 4. The van der Waals surface area contributed by atoms with Gasteiger partial charge in [-0.3, -0.25) is 9.59 Å². The van der Waals surface area contributed by atoms with E-state index in [0.29, 0.717) is 5.75 Å². The number of nitrogens with zero attached hydrogens (tertiary/aromatic N) is 1. The predicted octanol–water partition coefficient (Wildman–Crippen LogP) is 1.78. The minimum absolute atomic E-state index is 0.131. The lowest BCUT2D eigenvalue weighted by atomic mass is 10.1. The second-order valence-electron chi connectivity index (χ2n) is 5.80. The summed E-state index contributed by atoms with van der Waals surface area (Å²) in [6.45, 7) is 0.131. The van der Waals surface area contributed by atoms with E-state index in [1.54, 1.807) is 19.1 Å². The van der Waals surface area contributed by atoms with Crippen LogP contribution in [0.1, 0.15) is 5.56 Å². The molecule has 2 amide bonds. The first-order valence-electron chi connectivity index (χ1n) is 8.01. The van der Waals surface area contributed by atoms with Gasteiger partial charge >= 0.3 is 0 Å². The Kier molecular flexibility index (Phi) is 4.88. The van der Waals surface area contributed by atoms with Crippen molar-refractivity contribution in [2.75, 3.05) is 25.6 Å². The van der Waals surface area contributed by atoms with Crippen molar-refractivity contribution in [1.29, 1.82) is 0 Å². The highest BCUT2D eigenvalue weighted by atomic mass is 16.5. The third-order valence-electron chi connectivity index (χ3n) is 4.11. The largest absolute Gasteiger partial charge is 0.497 e. The summed E-state index contributed by atoms with van der Waals surface area (Å²) in [6.07, 6.45) is -0.489. The summed E-state index contributed by atoms with van der Waals surface area (Å²) in [5, 5.41) is 2.77. The number of carbonyl (C=O) groups excluding carboxylic acids is 2. The van der Waals surface area contributed by atoms with Gasteiger partial charge in [0.15, 0.2) is 6.10 Å². The lowest BCUT2D eigenvalue weighted by molar-refractivity contribution is -0.126. The van der Waals surface area contributed by atoms with Crippen LogP contribution in [0.4, 0.5) is 5.69 Å². The molecular weight excluding hydrogens is 320 g/mol. The van der Waals surface area contributed by atoms with E-state index in [1.807, 2.05) is 48.5 Å². The summed E-state index contributed by atoms with van der Waals surface area (Å²) in [7, 11) is 3.30. The van der Waals surface area contributed by atoms with Crippen LogP contribution in [-0.2, 0) is 16.0 Å². The fraction of sp³-hybridized carbons (Fsp3) is 0.263. The standard InChI is InChI=1S/C19H20N2O4/c1-21-15-5-3-4-6-16(15)25-17(19(21)23)12-20-18(22)11-13-7-9-14(24-2)10-8-13/h3-10,17H,11-12H2,1-2H3,(H,20,22). The van der Waals surface area contributed by atoms with Gasteiger partial charge in [-0.1, -0.05) is 24.3 Å². The topological polar surface area (TPSA) is 67.9 Å². The van der Waals surface area contributed by atoms with Gasteiger partial charge in [0.2, 0.25) is 5.91 Å². The summed E-state index contributed by atoms with van der Waals surface area (Å²) in [5.74, 6) is 1.04. The van der Waals surface area contributed by atoms with Gasteiger partial charge in [-0.15, -0.1) is 0 Å². The molecule has 2 aromatic rings. The summed E-state index contributed by atoms with van der Waals surface area (Å²) in [4.78, 5) is 26.0. The number of hydrogen-bond donors (Lipinski definition) is 1. The summed E-state index contributed by atoms with van der Waals surface area (Å²) in [6, 6.07) is 14.6. The molecule has 130 valence electrons. The maximum Gasteiger partial charge on any atom is 0.269 e. The first kappa shape index (κ1) is 16.8. The third kappa shape index (κ3) is 3.74. The van der Waals surface area contributed by atoms with Crippen molar-refractivity contribution in [3.63, 3.8) is 0 Å². The number of ether oxygens (including phenoxy) is 2. The minimum Gasteiger partial charge on any atom is -0.497 e. The maximum atomic E-state index is 12.4. The average molecular weight is 340 g/mol. The lowest BCUT2D eigenvalue weighted by Crippen LogP contribution is -2.49. The van der Waals surface area contributed by atoms with Crippen LogP contribution in [0.5, 0.6) is 11.5 Å². The SMILES string of the molecule is COc1ccc(CC(=O)NCC2Oc3ccccc3N(C)C2=O)cc1. The van der Waals surface area contributed by atoms with Crippen LogP contribution in [0.2, 0.25) is 0 Å². The van der Waals surface area contributed by atoms with E-state index in [1.165, 1.54) is 0 Å². The Morgan fingerprint density at radius 3 is 2.64 bits per heavy atom. The van der Waals surface area contributed by atoms with Gasteiger partial charge in [0.1, 0.15) is 11.5 Å². The van der Waals surface area contributed by atoms with Crippen LogP contribution in [0, 0.1) is 0 Å². The van der Waals surface area contributed by atoms with Crippen LogP contribution >= 0.6 is 0 Å². The van der Waals surface area contributed by atoms with Crippen molar-refractivity contribution >= 4 is 17.5 Å². The van der Waals surface area contributed by atoms with Crippen molar-refractivity contribution < 1.29 is 19.1 Å². The molecule has 1 aliphatic heterocycles. The van der Waals surface area contributed by atoms with Gasteiger partial charge in [0.25, 0.3) is 5.91 Å². The molecule has 0 fully saturated rings. The number of anilines is 1. The van der Waals surface area contributed by atoms with E-state index in [4.69, 9.17) is 9.47 Å². The minimum atomic E-state index is -0.722. The van der Waals surface area contributed by atoms with Crippen molar-refractivity contribution in [2.45, 2.75) is 12.5 Å². The Labute approximate surface area is 146 Å². The first-order chi connectivity index (χ1) is 12.1. The predicted molar refractivity (Wildman–Crippen MR) is 94.0 cm³/mol. The van der Waals surface area contributed by atoms with Gasteiger partial charge in [0.05, 0.1) is 25.8 Å². The molecule has 6 nitrogen and oxygen atoms in total. The van der Waals surface area contributed by atoms with Gasteiger partial charge in [0, 0.05) is 7.05 Å². The van der Waals surface area contributed by atoms with Crippen molar-refractivity contribution in [3.05, 3.63) is 54.1 Å². The monoisotopic (exact) mass is 340 g/mol. The Bertz CT molecular complexity index is 773. The fourth-order valence-corrected chi connectivity index (χ4v) is 2.70. The first-order valence-corrected chi connectivity index (χ1v) is 8.01. The summed E-state index contributed by atoms with van der Waals surface area (Å²) >= 11 is 0. The fourth-order valence-electron chi connectivity index (χ4n) is 2.70. The Morgan fingerprint density at radius 1 is 1.20 bits per heavy atom. The zero-order chi connectivity index (χ0) is 17.8. The number of benzene rings is 2. The normalized spacial score (nSPS) is 16.0. The van der Waals surface area contributed by atoms with E-state index < -0.39 is 6.10 Å². The number of methoxy groups -OCH3 is 1. The molecule has 1 N–H and O–H groups in total. The van der Waals surface area contributed by atoms with Crippen molar-refractivity contribution in [1.82, 2.24) is 5.32 Å². The zero-order valence-corrected chi connectivity index (χ0v) is 14.2. The number of rotatable bonds is 5. The van der Waals surface area contributed by atoms with Gasteiger partial charge in [-0.25, -0.2) is 0 Å². The van der Waals surface area contributed by atoms with E-state index in [2.05, 4.69) is 5.32 Å². The highest BCUT2D eigenvalue weighted by molar-refractivity contribution is 5.99. The molecule has 1 heterocycles. The lowest BCUT2D eigenvalue weighted by Gasteiger charge is -2.31. The Hall–Kier alpha value is -3.02. The highest BCUT2D eigenvalue weighted by Gasteiger charge is 2.32. The molecule has 2 aromatic carbocycles. The molecular formula is C19H20N2O4. The van der Waals surface area contributed by atoms with E-state index >= 15 is 0 Å². The van der Waals surface area contributed by atoms with E-state index in [-0.39, 0.29) is 24.8 Å². The van der Waals surface area contributed by atoms with Crippen LogP contribution in [0.3, 0.4) is 0 Å². The molecule has 3 rings (SSSR count). The summed E-state index contributed by atoms with van der Waals surface area (Å²) in [5.41, 5.74) is 1.60. The zero-order valence-electron chi connectivity index (χ0n) is 14.2. The highest BCUT2D eigenvalue weighted by Crippen LogP contribution is 2.32.